The minimum atomic E-state index is -0.482. The van der Waals surface area contributed by atoms with Gasteiger partial charge in [-0.25, -0.2) is 4.79 Å². The molecule has 1 N–H and O–H groups in total. The summed E-state index contributed by atoms with van der Waals surface area (Å²) >= 11 is 0. The van der Waals surface area contributed by atoms with E-state index in [0.717, 1.165) is 12.0 Å². The number of benzene rings is 1. The molecule has 2 unspecified atom stereocenters. The normalized spacial score (nSPS) is 26.4. The van der Waals surface area contributed by atoms with Crippen LogP contribution in [0.3, 0.4) is 0 Å². The van der Waals surface area contributed by atoms with Gasteiger partial charge in [-0.1, -0.05) is 37.3 Å². The number of amides is 1. The van der Waals surface area contributed by atoms with E-state index < -0.39 is 5.60 Å². The molecule has 0 radical (unpaired) electrons. The summed E-state index contributed by atoms with van der Waals surface area (Å²) in [4.78, 5) is 16.6. The highest BCUT2D eigenvalue weighted by atomic mass is 16.6. The molecule has 2 aliphatic rings. The molecule has 24 heavy (non-hydrogen) atoms. The summed E-state index contributed by atoms with van der Waals surface area (Å²) in [5.41, 5.74) is 0.262. The van der Waals surface area contributed by atoms with Crippen LogP contribution in [0, 0.1) is 11.3 Å². The molecule has 130 valence electrons. The Bertz CT molecular complexity index is 638. The number of nitrogens with zero attached hydrogens (tertiary/aromatic N) is 2. The number of piperazine rings is 1. The maximum absolute atomic E-state index is 12.6. The van der Waals surface area contributed by atoms with Crippen LogP contribution in [0.25, 0.3) is 0 Å². The van der Waals surface area contributed by atoms with Crippen LogP contribution in [-0.2, 0) is 4.74 Å². The van der Waals surface area contributed by atoms with Gasteiger partial charge in [-0.15, -0.1) is 0 Å². The number of carbonyl (C=O) groups excluding carboxylic acids is 1. The van der Waals surface area contributed by atoms with Gasteiger partial charge in [-0.3, -0.25) is 10.3 Å². The van der Waals surface area contributed by atoms with Gasteiger partial charge in [-0.2, -0.15) is 0 Å². The average molecular weight is 329 g/mol. The van der Waals surface area contributed by atoms with Gasteiger partial charge in [-0.05, 0) is 33.1 Å². The largest absolute Gasteiger partial charge is 0.444 e. The zero-order chi connectivity index (χ0) is 17.5. The summed E-state index contributed by atoms with van der Waals surface area (Å²) in [6, 6.07) is 9.80. The highest BCUT2D eigenvalue weighted by Gasteiger charge is 2.60. The molecule has 0 aromatic heterocycles. The lowest BCUT2D eigenvalue weighted by atomic mass is 10.1. The van der Waals surface area contributed by atoms with Gasteiger partial charge >= 0.3 is 6.09 Å². The summed E-state index contributed by atoms with van der Waals surface area (Å²) < 4.78 is 5.60. The molecule has 1 aromatic carbocycles. The van der Waals surface area contributed by atoms with Gasteiger partial charge in [0.05, 0.1) is 5.54 Å². The van der Waals surface area contributed by atoms with E-state index in [-0.39, 0.29) is 11.6 Å². The van der Waals surface area contributed by atoms with Crippen molar-refractivity contribution < 1.29 is 9.53 Å². The molecule has 1 amide bonds. The van der Waals surface area contributed by atoms with E-state index in [1.54, 1.807) is 0 Å². The third-order valence-electron chi connectivity index (χ3n) is 4.99. The van der Waals surface area contributed by atoms with Gasteiger partial charge in [0.25, 0.3) is 0 Å². The van der Waals surface area contributed by atoms with E-state index in [1.165, 1.54) is 0 Å². The van der Waals surface area contributed by atoms with E-state index >= 15 is 0 Å². The Kier molecular flexibility index (Phi) is 4.06. The molecular weight excluding hydrogens is 302 g/mol. The highest BCUT2D eigenvalue weighted by molar-refractivity contribution is 5.96. The Morgan fingerprint density at radius 2 is 1.88 bits per heavy atom. The van der Waals surface area contributed by atoms with E-state index in [0.29, 0.717) is 31.4 Å². The molecule has 3 rings (SSSR count). The van der Waals surface area contributed by atoms with Crippen LogP contribution in [0.4, 0.5) is 4.79 Å². The summed E-state index contributed by atoms with van der Waals surface area (Å²) in [5.74, 6) is 0.981. The van der Waals surface area contributed by atoms with Gasteiger partial charge < -0.3 is 9.64 Å². The minimum Gasteiger partial charge on any atom is -0.444 e. The van der Waals surface area contributed by atoms with Crippen LogP contribution >= 0.6 is 0 Å². The van der Waals surface area contributed by atoms with Crippen molar-refractivity contribution in [2.45, 2.75) is 45.3 Å². The lowest BCUT2D eigenvalue weighted by Gasteiger charge is -2.44. The molecule has 2 atom stereocenters. The number of hydrogen-bond donors (Lipinski definition) is 1. The molecule has 2 fully saturated rings. The minimum absolute atomic E-state index is 0.179. The number of amidine groups is 1. The van der Waals surface area contributed by atoms with Crippen molar-refractivity contribution in [1.82, 2.24) is 9.80 Å². The number of nitrogens with one attached hydrogen (secondary N) is 1. The standard InChI is InChI=1S/C19H27N3O2/c1-14-12-19(14)13-21(16(20)15-8-6-5-7-9-15)10-11-22(19)17(23)24-18(2,3)4/h5-9,14,20H,10-13H2,1-4H3. The van der Waals surface area contributed by atoms with Gasteiger partial charge in [0.2, 0.25) is 0 Å². The van der Waals surface area contributed by atoms with Crippen molar-refractivity contribution in [3.8, 4) is 0 Å². The van der Waals surface area contributed by atoms with Crippen molar-refractivity contribution in [3.05, 3.63) is 35.9 Å². The second-order valence-electron chi connectivity index (χ2n) is 7.98. The van der Waals surface area contributed by atoms with Gasteiger partial charge in [0.15, 0.2) is 0 Å². The monoisotopic (exact) mass is 329 g/mol. The first-order chi connectivity index (χ1) is 11.2. The van der Waals surface area contributed by atoms with Crippen LogP contribution in [0.15, 0.2) is 30.3 Å². The highest BCUT2D eigenvalue weighted by Crippen LogP contribution is 2.50. The molecule has 0 bridgehead atoms. The van der Waals surface area contributed by atoms with Crippen LogP contribution in [-0.4, -0.2) is 52.5 Å². The van der Waals surface area contributed by atoms with Crippen molar-refractivity contribution in [1.29, 1.82) is 5.41 Å². The molecule has 1 saturated heterocycles. The molecule has 1 spiro atoms. The second kappa shape index (κ2) is 5.80. The fourth-order valence-electron chi connectivity index (χ4n) is 3.57. The zero-order valence-electron chi connectivity index (χ0n) is 15.0. The fourth-order valence-corrected chi connectivity index (χ4v) is 3.57. The van der Waals surface area contributed by atoms with Gasteiger partial charge in [0.1, 0.15) is 11.4 Å². The molecule has 5 nitrogen and oxygen atoms in total. The molecule has 1 saturated carbocycles. The van der Waals surface area contributed by atoms with E-state index in [9.17, 15) is 4.79 Å². The van der Waals surface area contributed by atoms with Crippen LogP contribution < -0.4 is 0 Å². The third-order valence-corrected chi connectivity index (χ3v) is 4.99. The lowest BCUT2D eigenvalue weighted by molar-refractivity contribution is -0.00203. The van der Waals surface area contributed by atoms with E-state index in [4.69, 9.17) is 10.1 Å². The van der Waals surface area contributed by atoms with Crippen molar-refractivity contribution >= 4 is 11.9 Å². The van der Waals surface area contributed by atoms with Crippen LogP contribution in [0.1, 0.15) is 39.7 Å². The maximum atomic E-state index is 12.6. The number of rotatable bonds is 1. The summed E-state index contributed by atoms with van der Waals surface area (Å²) in [5, 5.41) is 8.50. The average Bonchev–Trinajstić information content (AvgIpc) is 3.14. The van der Waals surface area contributed by atoms with Crippen LogP contribution in [0.2, 0.25) is 0 Å². The molecule has 1 aliphatic carbocycles. The Balaban J connectivity index is 1.74. The summed E-state index contributed by atoms with van der Waals surface area (Å²) in [6.45, 7) is 9.85. The number of carbonyl (C=O) groups is 1. The third kappa shape index (κ3) is 3.12. The Morgan fingerprint density at radius 1 is 1.25 bits per heavy atom. The number of ether oxygens (including phenoxy) is 1. The molecule has 5 heteroatoms. The molecule has 1 heterocycles. The van der Waals surface area contributed by atoms with Crippen molar-refractivity contribution in [2.24, 2.45) is 5.92 Å². The smallest absolute Gasteiger partial charge is 0.410 e. The summed E-state index contributed by atoms with van der Waals surface area (Å²) in [7, 11) is 0. The zero-order valence-corrected chi connectivity index (χ0v) is 15.0. The predicted octanol–water partition coefficient (Wildman–Crippen LogP) is 3.34. The molecular formula is C19H27N3O2. The molecule has 1 aliphatic heterocycles. The Morgan fingerprint density at radius 3 is 2.42 bits per heavy atom. The maximum Gasteiger partial charge on any atom is 0.410 e. The predicted molar refractivity (Wildman–Crippen MR) is 94.3 cm³/mol. The SMILES string of the molecule is CC1CC12CN(C(=N)c1ccccc1)CCN2C(=O)OC(C)(C)C. The Labute approximate surface area is 144 Å². The van der Waals surface area contributed by atoms with Crippen molar-refractivity contribution in [2.75, 3.05) is 19.6 Å². The Hall–Kier alpha value is -2.04. The first-order valence-corrected chi connectivity index (χ1v) is 8.62. The van der Waals surface area contributed by atoms with E-state index in [2.05, 4.69) is 11.8 Å². The van der Waals surface area contributed by atoms with Crippen LogP contribution in [0.5, 0.6) is 0 Å². The van der Waals surface area contributed by atoms with E-state index in [1.807, 2.05) is 56.0 Å². The summed E-state index contributed by atoms with van der Waals surface area (Å²) in [6.07, 6.45) is 0.753. The fraction of sp³-hybridized carbons (Fsp3) is 0.579. The first kappa shape index (κ1) is 16.8. The lowest BCUT2D eigenvalue weighted by Crippen LogP contribution is -2.59. The van der Waals surface area contributed by atoms with Crippen molar-refractivity contribution in [3.63, 3.8) is 0 Å². The van der Waals surface area contributed by atoms with Gasteiger partial charge in [0, 0.05) is 25.2 Å². The topological polar surface area (TPSA) is 56.6 Å². The second-order valence-corrected chi connectivity index (χ2v) is 7.98. The quantitative estimate of drug-likeness (QED) is 0.635. The molecule has 1 aromatic rings. The number of hydrogen-bond acceptors (Lipinski definition) is 3. The first-order valence-electron chi connectivity index (χ1n) is 8.62.